The Bertz CT molecular complexity index is 617. The van der Waals surface area contributed by atoms with Crippen LogP contribution in [0.5, 0.6) is 5.75 Å². The minimum absolute atomic E-state index is 0.184. The quantitative estimate of drug-likeness (QED) is 0.787. The van der Waals surface area contributed by atoms with Crippen molar-refractivity contribution >= 4 is 29.1 Å². The molecule has 1 N–H and O–H groups in total. The fourth-order valence-corrected chi connectivity index (χ4v) is 2.30. The first kappa shape index (κ1) is 16.6. The van der Waals surface area contributed by atoms with Crippen LogP contribution >= 0.6 is 23.2 Å². The van der Waals surface area contributed by atoms with Gasteiger partial charge in [-0.1, -0.05) is 23.2 Å². The van der Waals surface area contributed by atoms with Crippen molar-refractivity contribution in [1.29, 1.82) is 0 Å². The highest BCUT2D eigenvalue weighted by molar-refractivity contribution is 6.35. The third-order valence-corrected chi connectivity index (χ3v) is 3.55. The number of hydrogen-bond donors (Lipinski definition) is 1. The lowest BCUT2D eigenvalue weighted by atomic mass is 10.3. The lowest BCUT2D eigenvalue weighted by molar-refractivity contribution is -0.127. The van der Waals surface area contributed by atoms with Gasteiger partial charge in [-0.15, -0.1) is 0 Å². The maximum absolute atomic E-state index is 12.0. The van der Waals surface area contributed by atoms with E-state index in [0.717, 1.165) is 13.0 Å². The summed E-state index contributed by atoms with van der Waals surface area (Å²) in [5.74, 6) is 0.253. The van der Waals surface area contributed by atoms with Crippen molar-refractivity contribution < 1.29 is 9.53 Å². The summed E-state index contributed by atoms with van der Waals surface area (Å²) in [4.78, 5) is 15.9. The van der Waals surface area contributed by atoms with Crippen molar-refractivity contribution in [2.24, 2.45) is 0 Å². The number of nitrogens with one attached hydrogen (secondary N) is 1. The molecule has 1 heterocycles. The van der Waals surface area contributed by atoms with Gasteiger partial charge in [0.2, 0.25) is 0 Å². The molecule has 1 aromatic carbocycles. The van der Waals surface area contributed by atoms with Crippen LogP contribution in [-0.4, -0.2) is 28.1 Å². The van der Waals surface area contributed by atoms with Gasteiger partial charge in [-0.3, -0.25) is 4.79 Å². The zero-order valence-electron chi connectivity index (χ0n) is 12.1. The van der Waals surface area contributed by atoms with Crippen molar-refractivity contribution in [2.75, 3.05) is 6.54 Å². The average molecular weight is 342 g/mol. The number of imidazole rings is 1. The van der Waals surface area contributed by atoms with Crippen LogP contribution in [0.4, 0.5) is 0 Å². The van der Waals surface area contributed by atoms with Gasteiger partial charge < -0.3 is 14.6 Å². The number of carbonyl (C=O) groups is 1. The monoisotopic (exact) mass is 341 g/mol. The van der Waals surface area contributed by atoms with Gasteiger partial charge in [-0.2, -0.15) is 0 Å². The molecule has 1 atom stereocenters. The van der Waals surface area contributed by atoms with Crippen LogP contribution in [0.2, 0.25) is 10.0 Å². The Morgan fingerprint density at radius 1 is 1.45 bits per heavy atom. The third kappa shape index (κ3) is 4.93. The number of carbonyl (C=O) groups excluding carboxylic acids is 1. The number of aryl methyl sites for hydroxylation is 1. The standard InChI is InChI=1S/C15H17Cl2N3O2/c1-11(22-14-4-3-12(16)9-13(14)17)15(21)19-5-2-7-20-8-6-18-10-20/h3-4,6,8-11H,2,5,7H2,1H3,(H,19,21). The van der Waals surface area contributed by atoms with Crippen molar-refractivity contribution in [3.05, 3.63) is 47.0 Å². The van der Waals surface area contributed by atoms with Gasteiger partial charge in [-0.25, -0.2) is 4.98 Å². The molecule has 7 heteroatoms. The Balaban J connectivity index is 1.74. The molecule has 0 aliphatic rings. The number of amides is 1. The lowest BCUT2D eigenvalue weighted by Gasteiger charge is -2.15. The maximum Gasteiger partial charge on any atom is 0.260 e. The fraction of sp³-hybridized carbons (Fsp3) is 0.333. The molecule has 1 amide bonds. The van der Waals surface area contributed by atoms with E-state index < -0.39 is 6.10 Å². The molecule has 5 nitrogen and oxygen atoms in total. The van der Waals surface area contributed by atoms with Gasteiger partial charge in [0.05, 0.1) is 11.3 Å². The highest BCUT2D eigenvalue weighted by Crippen LogP contribution is 2.28. The van der Waals surface area contributed by atoms with E-state index >= 15 is 0 Å². The largest absolute Gasteiger partial charge is 0.479 e. The Labute approximate surface area is 139 Å². The molecule has 0 bridgehead atoms. The second-order valence-corrected chi connectivity index (χ2v) is 5.62. The Morgan fingerprint density at radius 2 is 2.27 bits per heavy atom. The fourth-order valence-electron chi connectivity index (χ4n) is 1.85. The van der Waals surface area contributed by atoms with E-state index in [1.54, 1.807) is 37.6 Å². The smallest absolute Gasteiger partial charge is 0.260 e. The van der Waals surface area contributed by atoms with Crippen molar-refractivity contribution in [3.63, 3.8) is 0 Å². The molecule has 0 saturated heterocycles. The van der Waals surface area contributed by atoms with E-state index in [0.29, 0.717) is 22.3 Å². The van der Waals surface area contributed by atoms with Crippen LogP contribution in [0.3, 0.4) is 0 Å². The number of hydrogen-bond acceptors (Lipinski definition) is 3. The second-order valence-electron chi connectivity index (χ2n) is 4.78. The molecular weight excluding hydrogens is 325 g/mol. The highest BCUT2D eigenvalue weighted by Gasteiger charge is 2.15. The van der Waals surface area contributed by atoms with Crippen molar-refractivity contribution in [3.8, 4) is 5.75 Å². The third-order valence-electron chi connectivity index (χ3n) is 3.02. The predicted octanol–water partition coefficient (Wildman–Crippen LogP) is 3.16. The molecular formula is C15H17Cl2N3O2. The van der Waals surface area contributed by atoms with Crippen LogP contribution in [-0.2, 0) is 11.3 Å². The number of rotatable bonds is 7. The topological polar surface area (TPSA) is 56.1 Å². The Hall–Kier alpha value is -1.72. The summed E-state index contributed by atoms with van der Waals surface area (Å²) in [6.45, 7) is 3.05. The molecule has 118 valence electrons. The van der Waals surface area contributed by atoms with Gasteiger partial charge in [0.15, 0.2) is 6.10 Å². The summed E-state index contributed by atoms with van der Waals surface area (Å²) in [6, 6.07) is 4.89. The minimum atomic E-state index is -0.632. The summed E-state index contributed by atoms with van der Waals surface area (Å²) < 4.78 is 7.50. The average Bonchev–Trinajstić information content (AvgIpc) is 2.99. The van der Waals surface area contributed by atoms with E-state index in [9.17, 15) is 4.79 Å². The first-order valence-corrected chi connectivity index (χ1v) is 7.67. The van der Waals surface area contributed by atoms with E-state index in [1.807, 2.05) is 10.8 Å². The van der Waals surface area contributed by atoms with Crippen LogP contribution in [0, 0.1) is 0 Å². The van der Waals surface area contributed by atoms with Crippen molar-refractivity contribution in [1.82, 2.24) is 14.9 Å². The van der Waals surface area contributed by atoms with Gasteiger partial charge >= 0.3 is 0 Å². The Kier molecular flexibility index (Phi) is 6.10. The first-order valence-electron chi connectivity index (χ1n) is 6.91. The van der Waals surface area contributed by atoms with E-state index in [4.69, 9.17) is 27.9 Å². The summed E-state index contributed by atoms with van der Waals surface area (Å²) >= 11 is 11.8. The normalized spacial score (nSPS) is 12.0. The molecule has 0 aliphatic heterocycles. The molecule has 1 unspecified atom stereocenters. The zero-order valence-corrected chi connectivity index (χ0v) is 13.6. The zero-order chi connectivity index (χ0) is 15.9. The van der Waals surface area contributed by atoms with E-state index in [-0.39, 0.29) is 5.91 Å². The minimum Gasteiger partial charge on any atom is -0.479 e. The van der Waals surface area contributed by atoms with E-state index in [1.165, 1.54) is 0 Å². The lowest BCUT2D eigenvalue weighted by Crippen LogP contribution is -2.37. The molecule has 22 heavy (non-hydrogen) atoms. The maximum atomic E-state index is 12.0. The summed E-state index contributed by atoms with van der Waals surface area (Å²) in [7, 11) is 0. The number of benzene rings is 1. The van der Waals surface area contributed by atoms with Crippen LogP contribution in [0.15, 0.2) is 36.9 Å². The molecule has 0 saturated carbocycles. The SMILES string of the molecule is CC(Oc1ccc(Cl)cc1Cl)C(=O)NCCCn1ccnc1. The Morgan fingerprint density at radius 3 is 2.95 bits per heavy atom. The number of aromatic nitrogens is 2. The number of nitrogens with zero attached hydrogens (tertiary/aromatic N) is 2. The predicted molar refractivity (Wildman–Crippen MR) is 86.4 cm³/mol. The highest BCUT2D eigenvalue weighted by atomic mass is 35.5. The van der Waals surface area contributed by atoms with Gasteiger partial charge in [0, 0.05) is 30.5 Å². The van der Waals surface area contributed by atoms with Crippen LogP contribution in [0.1, 0.15) is 13.3 Å². The van der Waals surface area contributed by atoms with Gasteiger partial charge in [-0.05, 0) is 31.5 Å². The summed E-state index contributed by atoms with van der Waals surface area (Å²) in [5.41, 5.74) is 0. The first-order chi connectivity index (χ1) is 10.6. The molecule has 0 radical (unpaired) electrons. The number of ether oxygens (including phenoxy) is 1. The molecule has 0 aliphatic carbocycles. The van der Waals surface area contributed by atoms with Gasteiger partial charge in [0.1, 0.15) is 5.75 Å². The molecule has 0 spiro atoms. The van der Waals surface area contributed by atoms with Crippen molar-refractivity contribution in [2.45, 2.75) is 26.0 Å². The second kappa shape index (κ2) is 8.06. The summed E-state index contributed by atoms with van der Waals surface area (Å²) in [6.07, 6.45) is 5.54. The molecule has 2 rings (SSSR count). The van der Waals surface area contributed by atoms with E-state index in [2.05, 4.69) is 10.3 Å². The summed E-state index contributed by atoms with van der Waals surface area (Å²) in [5, 5.41) is 3.73. The molecule has 2 aromatic rings. The van der Waals surface area contributed by atoms with Crippen LogP contribution < -0.4 is 10.1 Å². The molecule has 0 fully saturated rings. The van der Waals surface area contributed by atoms with Crippen LogP contribution in [0.25, 0.3) is 0 Å². The molecule has 1 aromatic heterocycles. The number of halogens is 2. The van der Waals surface area contributed by atoms with Gasteiger partial charge in [0.25, 0.3) is 5.91 Å².